The Morgan fingerprint density at radius 1 is 0.348 bits per heavy atom. The SMILES string of the molecule is c1ccc2cc3nc(-c4cc(-n5c6ccccc6c6ccccc65)cc(-n5c6ccccc6c6ccccc65)c4)ccc3cc2c1. The molecule has 10 rings (SSSR count). The van der Waals surface area contributed by atoms with E-state index in [-0.39, 0.29) is 0 Å². The molecule has 3 nitrogen and oxygen atoms in total. The number of nitrogens with zero attached hydrogens (tertiary/aromatic N) is 3. The van der Waals surface area contributed by atoms with Gasteiger partial charge in [0, 0.05) is 43.9 Å². The van der Waals surface area contributed by atoms with Crippen molar-refractivity contribution in [3.05, 3.63) is 164 Å². The fourth-order valence-corrected chi connectivity index (χ4v) is 7.38. The van der Waals surface area contributed by atoms with Crippen LogP contribution in [0.3, 0.4) is 0 Å². The average molecular weight is 586 g/mol. The van der Waals surface area contributed by atoms with E-state index >= 15 is 0 Å². The highest BCUT2D eigenvalue weighted by Gasteiger charge is 2.17. The fourth-order valence-electron chi connectivity index (χ4n) is 7.38. The van der Waals surface area contributed by atoms with Crippen LogP contribution in [0.4, 0.5) is 0 Å². The van der Waals surface area contributed by atoms with E-state index in [0.717, 1.165) is 33.5 Å². The van der Waals surface area contributed by atoms with Crippen LogP contribution < -0.4 is 0 Å². The molecule has 0 aliphatic rings. The molecule has 0 unspecified atom stereocenters. The molecule has 10 aromatic rings. The van der Waals surface area contributed by atoms with Crippen LogP contribution in [0.5, 0.6) is 0 Å². The minimum Gasteiger partial charge on any atom is -0.309 e. The molecule has 0 saturated carbocycles. The first-order valence-electron chi connectivity index (χ1n) is 15.7. The molecule has 3 heteroatoms. The van der Waals surface area contributed by atoms with Gasteiger partial charge >= 0.3 is 0 Å². The first-order chi connectivity index (χ1) is 22.8. The van der Waals surface area contributed by atoms with Crippen molar-refractivity contribution in [1.29, 1.82) is 0 Å². The highest BCUT2D eigenvalue weighted by molar-refractivity contribution is 6.10. The quantitative estimate of drug-likeness (QED) is 0.189. The standard InChI is InChI=1S/C43H27N3/c1-2-12-29-26-39-30(23-28(29)11-1)21-22-38(44-39)31-24-32(45-40-17-7-3-13-34(40)35-14-4-8-18-41(35)45)27-33(25-31)46-42-19-9-5-15-36(42)37-16-6-10-20-43(37)46/h1-27H. The molecule has 7 aromatic carbocycles. The lowest BCUT2D eigenvalue weighted by Gasteiger charge is -2.16. The molecule has 0 amide bonds. The third-order valence-electron chi connectivity index (χ3n) is 9.43. The predicted octanol–water partition coefficient (Wildman–Crippen LogP) is 11.2. The van der Waals surface area contributed by atoms with Gasteiger partial charge in [-0.25, -0.2) is 4.98 Å². The van der Waals surface area contributed by atoms with E-state index in [0.29, 0.717) is 0 Å². The molecule has 0 spiro atoms. The van der Waals surface area contributed by atoms with Gasteiger partial charge in [0.25, 0.3) is 0 Å². The zero-order valence-electron chi connectivity index (χ0n) is 24.9. The first-order valence-corrected chi connectivity index (χ1v) is 15.7. The maximum absolute atomic E-state index is 5.27. The number of hydrogen-bond acceptors (Lipinski definition) is 1. The Hall–Kier alpha value is -6.19. The zero-order chi connectivity index (χ0) is 30.2. The molecule has 3 aromatic heterocycles. The summed E-state index contributed by atoms with van der Waals surface area (Å²) < 4.78 is 4.81. The maximum Gasteiger partial charge on any atom is 0.0715 e. The van der Waals surface area contributed by atoms with Crippen molar-refractivity contribution >= 4 is 65.3 Å². The van der Waals surface area contributed by atoms with E-state index in [1.807, 2.05) is 0 Å². The summed E-state index contributed by atoms with van der Waals surface area (Å²) in [6.45, 7) is 0. The van der Waals surface area contributed by atoms with E-state index in [1.54, 1.807) is 0 Å². The molecule has 0 aliphatic carbocycles. The minimum absolute atomic E-state index is 0.951. The number of rotatable bonds is 3. The van der Waals surface area contributed by atoms with Crippen LogP contribution in [-0.2, 0) is 0 Å². The Bertz CT molecular complexity index is 2580. The summed E-state index contributed by atoms with van der Waals surface area (Å²) in [5.74, 6) is 0. The first kappa shape index (κ1) is 25.2. The monoisotopic (exact) mass is 585 g/mol. The van der Waals surface area contributed by atoms with Crippen LogP contribution in [-0.4, -0.2) is 14.1 Å². The summed E-state index contributed by atoms with van der Waals surface area (Å²) in [5, 5.41) is 8.56. The number of pyridine rings is 1. The van der Waals surface area contributed by atoms with Crippen molar-refractivity contribution in [2.45, 2.75) is 0 Å². The summed E-state index contributed by atoms with van der Waals surface area (Å²) >= 11 is 0. The zero-order valence-corrected chi connectivity index (χ0v) is 24.9. The Kier molecular flexibility index (Phi) is 5.28. The van der Waals surface area contributed by atoms with Gasteiger partial charge in [-0.05, 0) is 71.4 Å². The molecule has 0 radical (unpaired) electrons. The average Bonchev–Trinajstić information content (AvgIpc) is 3.63. The van der Waals surface area contributed by atoms with Crippen molar-refractivity contribution in [2.24, 2.45) is 0 Å². The van der Waals surface area contributed by atoms with Gasteiger partial charge in [-0.2, -0.15) is 0 Å². The van der Waals surface area contributed by atoms with Crippen LogP contribution in [0.15, 0.2) is 164 Å². The van der Waals surface area contributed by atoms with Gasteiger partial charge in [0.15, 0.2) is 0 Å². The normalized spacial score (nSPS) is 11.9. The van der Waals surface area contributed by atoms with Gasteiger partial charge in [-0.15, -0.1) is 0 Å². The van der Waals surface area contributed by atoms with E-state index in [2.05, 4.69) is 173 Å². The Balaban J connectivity index is 1.30. The van der Waals surface area contributed by atoms with Gasteiger partial charge in [0.1, 0.15) is 0 Å². The number of benzene rings is 7. The topological polar surface area (TPSA) is 22.8 Å². The molecule has 46 heavy (non-hydrogen) atoms. The minimum atomic E-state index is 0.951. The van der Waals surface area contributed by atoms with Crippen molar-refractivity contribution in [2.75, 3.05) is 0 Å². The van der Waals surface area contributed by atoms with Crippen molar-refractivity contribution in [3.63, 3.8) is 0 Å². The van der Waals surface area contributed by atoms with Gasteiger partial charge < -0.3 is 9.13 Å². The molecule has 0 atom stereocenters. The molecular formula is C43H27N3. The molecule has 0 bridgehead atoms. The lowest BCUT2D eigenvalue weighted by Crippen LogP contribution is -2.00. The third kappa shape index (κ3) is 3.69. The van der Waals surface area contributed by atoms with Crippen LogP contribution >= 0.6 is 0 Å². The Labute approximate surface area is 265 Å². The molecule has 3 heterocycles. The van der Waals surface area contributed by atoms with Crippen LogP contribution in [0.1, 0.15) is 0 Å². The van der Waals surface area contributed by atoms with Gasteiger partial charge in [-0.3, -0.25) is 0 Å². The van der Waals surface area contributed by atoms with Crippen LogP contribution in [0.2, 0.25) is 0 Å². The number of hydrogen-bond donors (Lipinski definition) is 0. The van der Waals surface area contributed by atoms with E-state index in [4.69, 9.17) is 4.98 Å². The van der Waals surface area contributed by atoms with Gasteiger partial charge in [0.05, 0.1) is 33.3 Å². The summed E-state index contributed by atoms with van der Waals surface area (Å²) in [6, 6.07) is 59.0. The highest BCUT2D eigenvalue weighted by atomic mass is 15.0. The van der Waals surface area contributed by atoms with Crippen LogP contribution in [0, 0.1) is 0 Å². The van der Waals surface area contributed by atoms with Crippen molar-refractivity contribution < 1.29 is 0 Å². The van der Waals surface area contributed by atoms with Gasteiger partial charge in [-0.1, -0.05) is 103 Å². The molecule has 0 fully saturated rings. The molecule has 214 valence electrons. The predicted molar refractivity (Wildman–Crippen MR) is 193 cm³/mol. The van der Waals surface area contributed by atoms with E-state index in [1.165, 1.54) is 54.4 Å². The third-order valence-corrected chi connectivity index (χ3v) is 9.43. The van der Waals surface area contributed by atoms with Crippen molar-refractivity contribution in [3.8, 4) is 22.6 Å². The number of fused-ring (bicyclic) bond motifs is 8. The molecule has 0 saturated heterocycles. The lowest BCUT2D eigenvalue weighted by molar-refractivity contribution is 1.13. The molecule has 0 N–H and O–H groups in total. The molecule has 0 aliphatic heterocycles. The second-order valence-electron chi connectivity index (χ2n) is 12.1. The maximum atomic E-state index is 5.27. The number of aromatic nitrogens is 3. The smallest absolute Gasteiger partial charge is 0.0715 e. The van der Waals surface area contributed by atoms with E-state index in [9.17, 15) is 0 Å². The van der Waals surface area contributed by atoms with E-state index < -0.39 is 0 Å². The Morgan fingerprint density at radius 3 is 1.28 bits per heavy atom. The second kappa shape index (κ2) is 9.65. The van der Waals surface area contributed by atoms with Crippen LogP contribution in [0.25, 0.3) is 87.9 Å². The van der Waals surface area contributed by atoms with Crippen molar-refractivity contribution in [1.82, 2.24) is 14.1 Å². The summed E-state index contributed by atoms with van der Waals surface area (Å²) in [6.07, 6.45) is 0. The van der Waals surface area contributed by atoms with Gasteiger partial charge in [0.2, 0.25) is 0 Å². The molecular weight excluding hydrogens is 558 g/mol. The highest BCUT2D eigenvalue weighted by Crippen LogP contribution is 2.37. The number of para-hydroxylation sites is 4. The second-order valence-corrected chi connectivity index (χ2v) is 12.1. The summed E-state index contributed by atoms with van der Waals surface area (Å²) in [5.41, 5.74) is 9.98. The fraction of sp³-hybridized carbons (Fsp3) is 0. The summed E-state index contributed by atoms with van der Waals surface area (Å²) in [7, 11) is 0. The summed E-state index contributed by atoms with van der Waals surface area (Å²) in [4.78, 5) is 5.27. The Morgan fingerprint density at radius 2 is 0.783 bits per heavy atom. The lowest BCUT2D eigenvalue weighted by atomic mass is 10.0. The largest absolute Gasteiger partial charge is 0.309 e.